The molecule has 0 spiro atoms. The molecule has 2 heterocycles. The third-order valence-corrected chi connectivity index (χ3v) is 2.40. The Balaban J connectivity index is 2.71. The first-order chi connectivity index (χ1) is 7.08. The zero-order valence-electron chi connectivity index (χ0n) is 8.86. The fourth-order valence-electron chi connectivity index (χ4n) is 1.52. The molecule has 0 aromatic carbocycles. The Morgan fingerprint density at radius 3 is 2.60 bits per heavy atom. The van der Waals surface area contributed by atoms with E-state index in [9.17, 15) is 0 Å². The van der Waals surface area contributed by atoms with E-state index in [1.165, 1.54) is 5.56 Å². The molecule has 4 heteroatoms. The van der Waals surface area contributed by atoms with Gasteiger partial charge in [-0.15, -0.1) is 0 Å². The van der Waals surface area contributed by atoms with Gasteiger partial charge in [-0.1, -0.05) is 13.8 Å². The molecule has 0 saturated carbocycles. The lowest BCUT2D eigenvalue weighted by molar-refractivity contribution is 0.862. The van der Waals surface area contributed by atoms with E-state index in [4.69, 9.17) is 11.5 Å². The largest absolute Gasteiger partial charge is 0.384 e. The maximum absolute atomic E-state index is 5.73. The number of rotatable bonds is 1. The van der Waals surface area contributed by atoms with Crippen LogP contribution < -0.4 is 11.5 Å². The highest BCUT2D eigenvalue weighted by atomic mass is 14.9. The standard InChI is InChI=1S/C11H14N4/c1-6(2)8-3-7-4-9(12)15-11(13)10(7)14-5-8/h3-6H,1-2H3,(H4,12,13,15). The minimum absolute atomic E-state index is 0.389. The summed E-state index contributed by atoms with van der Waals surface area (Å²) in [6, 6.07) is 3.85. The van der Waals surface area contributed by atoms with E-state index in [1.807, 2.05) is 6.20 Å². The highest BCUT2D eigenvalue weighted by molar-refractivity contribution is 5.89. The monoisotopic (exact) mass is 202 g/mol. The Bertz CT molecular complexity index is 505. The average Bonchev–Trinajstić information content (AvgIpc) is 2.16. The third-order valence-electron chi connectivity index (χ3n) is 2.40. The van der Waals surface area contributed by atoms with Crippen LogP contribution in [-0.2, 0) is 0 Å². The molecule has 4 N–H and O–H groups in total. The summed E-state index contributed by atoms with van der Waals surface area (Å²) in [5.74, 6) is 1.26. The second-order valence-corrected chi connectivity index (χ2v) is 3.93. The van der Waals surface area contributed by atoms with Gasteiger partial charge in [-0.2, -0.15) is 0 Å². The van der Waals surface area contributed by atoms with Crippen molar-refractivity contribution in [2.24, 2.45) is 0 Å². The Morgan fingerprint density at radius 1 is 1.20 bits per heavy atom. The summed E-state index contributed by atoms with van der Waals surface area (Å²) >= 11 is 0. The van der Waals surface area contributed by atoms with Crippen molar-refractivity contribution in [3.05, 3.63) is 23.9 Å². The van der Waals surface area contributed by atoms with Crippen LogP contribution in [0.15, 0.2) is 18.3 Å². The normalized spacial score (nSPS) is 11.1. The minimum atomic E-state index is 0.389. The summed E-state index contributed by atoms with van der Waals surface area (Å²) in [6.07, 6.45) is 1.83. The maximum atomic E-state index is 5.73. The summed E-state index contributed by atoms with van der Waals surface area (Å²) in [5.41, 5.74) is 13.3. The molecule has 0 atom stereocenters. The number of nitrogens with zero attached hydrogens (tertiary/aromatic N) is 2. The summed E-state index contributed by atoms with van der Waals surface area (Å²) < 4.78 is 0. The average molecular weight is 202 g/mol. The molecule has 4 nitrogen and oxygen atoms in total. The fourth-order valence-corrected chi connectivity index (χ4v) is 1.52. The topological polar surface area (TPSA) is 77.8 Å². The van der Waals surface area contributed by atoms with E-state index in [0.717, 1.165) is 5.39 Å². The Morgan fingerprint density at radius 2 is 1.93 bits per heavy atom. The van der Waals surface area contributed by atoms with Gasteiger partial charge < -0.3 is 11.5 Å². The number of hydrogen-bond acceptors (Lipinski definition) is 4. The van der Waals surface area contributed by atoms with Crippen molar-refractivity contribution < 1.29 is 0 Å². The molecule has 0 radical (unpaired) electrons. The summed E-state index contributed by atoms with van der Waals surface area (Å²) in [5, 5.41) is 0.950. The van der Waals surface area contributed by atoms with Crippen LogP contribution in [0.25, 0.3) is 10.9 Å². The van der Waals surface area contributed by atoms with E-state index in [0.29, 0.717) is 23.1 Å². The fraction of sp³-hybridized carbons (Fsp3) is 0.273. The molecule has 2 rings (SSSR count). The molecular formula is C11H14N4. The maximum Gasteiger partial charge on any atom is 0.152 e. The molecule has 0 unspecified atom stereocenters. The van der Waals surface area contributed by atoms with Crippen LogP contribution in [0.1, 0.15) is 25.3 Å². The highest BCUT2D eigenvalue weighted by Crippen LogP contribution is 2.23. The van der Waals surface area contributed by atoms with Gasteiger partial charge in [0.1, 0.15) is 11.3 Å². The number of aromatic nitrogens is 2. The number of nitrogens with two attached hydrogens (primary N) is 2. The van der Waals surface area contributed by atoms with E-state index >= 15 is 0 Å². The Hall–Kier alpha value is -1.84. The van der Waals surface area contributed by atoms with Crippen LogP contribution in [0, 0.1) is 0 Å². The summed E-state index contributed by atoms with van der Waals surface area (Å²) in [6.45, 7) is 4.24. The zero-order chi connectivity index (χ0) is 11.0. The number of anilines is 2. The van der Waals surface area contributed by atoms with E-state index in [1.54, 1.807) is 6.07 Å². The first kappa shape index (κ1) is 9.71. The van der Waals surface area contributed by atoms with Crippen molar-refractivity contribution >= 4 is 22.5 Å². The van der Waals surface area contributed by atoms with Gasteiger partial charge in [-0.3, -0.25) is 4.98 Å². The van der Waals surface area contributed by atoms with Crippen molar-refractivity contribution in [1.29, 1.82) is 0 Å². The van der Waals surface area contributed by atoms with Gasteiger partial charge >= 0.3 is 0 Å². The molecule has 0 bridgehead atoms. The number of fused-ring (bicyclic) bond motifs is 1. The highest BCUT2D eigenvalue weighted by Gasteiger charge is 2.05. The van der Waals surface area contributed by atoms with Gasteiger partial charge in [0.05, 0.1) is 0 Å². The van der Waals surface area contributed by atoms with Crippen molar-refractivity contribution in [2.75, 3.05) is 11.5 Å². The van der Waals surface area contributed by atoms with Crippen LogP contribution >= 0.6 is 0 Å². The first-order valence-electron chi connectivity index (χ1n) is 4.89. The van der Waals surface area contributed by atoms with Crippen LogP contribution in [0.2, 0.25) is 0 Å². The van der Waals surface area contributed by atoms with Crippen LogP contribution in [0.3, 0.4) is 0 Å². The molecule has 0 amide bonds. The van der Waals surface area contributed by atoms with Crippen LogP contribution in [0.5, 0.6) is 0 Å². The minimum Gasteiger partial charge on any atom is -0.384 e. The van der Waals surface area contributed by atoms with Crippen LogP contribution in [-0.4, -0.2) is 9.97 Å². The molecule has 2 aromatic rings. The second kappa shape index (κ2) is 3.38. The third kappa shape index (κ3) is 1.70. The van der Waals surface area contributed by atoms with Gasteiger partial charge in [0.2, 0.25) is 0 Å². The van der Waals surface area contributed by atoms with Crippen molar-refractivity contribution in [3.8, 4) is 0 Å². The van der Waals surface area contributed by atoms with Gasteiger partial charge in [-0.05, 0) is 23.6 Å². The molecule has 0 aliphatic rings. The van der Waals surface area contributed by atoms with Gasteiger partial charge in [0, 0.05) is 11.6 Å². The van der Waals surface area contributed by atoms with Gasteiger partial charge in [0.15, 0.2) is 5.82 Å². The second-order valence-electron chi connectivity index (χ2n) is 3.93. The SMILES string of the molecule is CC(C)c1cnc2c(N)nc(N)cc2c1. The van der Waals surface area contributed by atoms with Crippen molar-refractivity contribution in [1.82, 2.24) is 9.97 Å². The molecule has 78 valence electrons. The van der Waals surface area contributed by atoms with E-state index < -0.39 is 0 Å². The van der Waals surface area contributed by atoms with E-state index in [2.05, 4.69) is 29.9 Å². The molecule has 15 heavy (non-hydrogen) atoms. The quantitative estimate of drug-likeness (QED) is 0.740. The molecule has 2 aromatic heterocycles. The molecular weight excluding hydrogens is 188 g/mol. The lowest BCUT2D eigenvalue weighted by Gasteiger charge is -2.07. The molecule has 0 aliphatic carbocycles. The first-order valence-corrected chi connectivity index (χ1v) is 4.89. The molecule has 0 fully saturated rings. The smallest absolute Gasteiger partial charge is 0.152 e. The van der Waals surface area contributed by atoms with Crippen molar-refractivity contribution in [2.45, 2.75) is 19.8 Å². The molecule has 0 aliphatic heterocycles. The van der Waals surface area contributed by atoms with E-state index in [-0.39, 0.29) is 0 Å². The number of hydrogen-bond donors (Lipinski definition) is 2. The molecule has 0 saturated heterocycles. The summed E-state index contributed by atoms with van der Waals surface area (Å²) in [4.78, 5) is 8.27. The lowest BCUT2D eigenvalue weighted by atomic mass is 10.0. The van der Waals surface area contributed by atoms with Gasteiger partial charge in [0.25, 0.3) is 0 Å². The number of pyridine rings is 2. The van der Waals surface area contributed by atoms with Crippen LogP contribution in [0.4, 0.5) is 11.6 Å². The zero-order valence-corrected chi connectivity index (χ0v) is 8.86. The van der Waals surface area contributed by atoms with Crippen molar-refractivity contribution in [3.63, 3.8) is 0 Å². The summed E-state index contributed by atoms with van der Waals surface area (Å²) in [7, 11) is 0. The predicted octanol–water partition coefficient (Wildman–Crippen LogP) is 1.92. The lowest BCUT2D eigenvalue weighted by Crippen LogP contribution is -1.99. The predicted molar refractivity (Wildman–Crippen MR) is 62.5 cm³/mol. The Labute approximate surface area is 88.3 Å². The number of nitrogen functional groups attached to an aromatic ring is 2. The Kier molecular flexibility index (Phi) is 2.19. The van der Waals surface area contributed by atoms with Gasteiger partial charge in [-0.25, -0.2) is 4.98 Å².